The van der Waals surface area contributed by atoms with E-state index in [0.29, 0.717) is 18.4 Å². The third kappa shape index (κ3) is 6.39. The fraction of sp³-hybridized carbons (Fsp3) is 0.933. The van der Waals surface area contributed by atoms with Crippen LogP contribution in [0.25, 0.3) is 0 Å². The summed E-state index contributed by atoms with van der Waals surface area (Å²) < 4.78 is 0. The third-order valence-electron chi connectivity index (χ3n) is 3.91. The van der Waals surface area contributed by atoms with Crippen molar-refractivity contribution in [2.24, 2.45) is 17.8 Å². The van der Waals surface area contributed by atoms with E-state index in [2.05, 4.69) is 31.4 Å². The standard InChI is InChI=1S/C15H30N2O/c1-12(2)9-16-11-15(18)17-10-13(3)14-7-5-4-6-8-14/h12-14,16H,4-11H2,1-3H3,(H,17,18). The monoisotopic (exact) mass is 254 g/mol. The summed E-state index contributed by atoms with van der Waals surface area (Å²) >= 11 is 0. The molecule has 2 N–H and O–H groups in total. The quantitative estimate of drug-likeness (QED) is 0.733. The van der Waals surface area contributed by atoms with E-state index in [1.807, 2.05) is 0 Å². The topological polar surface area (TPSA) is 41.1 Å². The molecular weight excluding hydrogens is 224 g/mol. The summed E-state index contributed by atoms with van der Waals surface area (Å²) in [4.78, 5) is 11.6. The van der Waals surface area contributed by atoms with Gasteiger partial charge in [-0.2, -0.15) is 0 Å². The van der Waals surface area contributed by atoms with Crippen molar-refractivity contribution < 1.29 is 4.79 Å². The SMILES string of the molecule is CC(C)CNCC(=O)NCC(C)C1CCCCC1. The minimum atomic E-state index is 0.137. The van der Waals surface area contributed by atoms with E-state index in [4.69, 9.17) is 0 Å². The maximum atomic E-state index is 11.6. The first-order valence-electron chi connectivity index (χ1n) is 7.57. The Labute approximate surface area is 112 Å². The molecule has 0 aliphatic heterocycles. The molecule has 0 radical (unpaired) electrons. The molecule has 1 aliphatic rings. The Balaban J connectivity index is 2.09. The lowest BCUT2D eigenvalue weighted by Crippen LogP contribution is -2.38. The van der Waals surface area contributed by atoms with Crippen LogP contribution in [0.3, 0.4) is 0 Å². The van der Waals surface area contributed by atoms with Crippen molar-refractivity contribution in [3.63, 3.8) is 0 Å². The summed E-state index contributed by atoms with van der Waals surface area (Å²) in [6, 6.07) is 0. The van der Waals surface area contributed by atoms with Crippen LogP contribution in [0.2, 0.25) is 0 Å². The highest BCUT2D eigenvalue weighted by atomic mass is 16.1. The molecule has 3 nitrogen and oxygen atoms in total. The fourth-order valence-electron chi connectivity index (χ4n) is 2.68. The minimum absolute atomic E-state index is 0.137. The van der Waals surface area contributed by atoms with Crippen molar-refractivity contribution >= 4 is 5.91 Å². The average Bonchev–Trinajstić information content (AvgIpc) is 2.36. The zero-order valence-corrected chi connectivity index (χ0v) is 12.3. The molecule has 1 rings (SSSR count). The van der Waals surface area contributed by atoms with Crippen LogP contribution in [-0.2, 0) is 4.79 Å². The van der Waals surface area contributed by atoms with Gasteiger partial charge in [0, 0.05) is 6.54 Å². The van der Waals surface area contributed by atoms with Crippen molar-refractivity contribution in [2.75, 3.05) is 19.6 Å². The zero-order valence-electron chi connectivity index (χ0n) is 12.3. The van der Waals surface area contributed by atoms with E-state index >= 15 is 0 Å². The van der Waals surface area contributed by atoms with Gasteiger partial charge in [-0.05, 0) is 24.3 Å². The van der Waals surface area contributed by atoms with Crippen molar-refractivity contribution in [3.05, 3.63) is 0 Å². The van der Waals surface area contributed by atoms with Crippen LogP contribution in [0.15, 0.2) is 0 Å². The van der Waals surface area contributed by atoms with Gasteiger partial charge in [-0.3, -0.25) is 4.79 Å². The van der Waals surface area contributed by atoms with Gasteiger partial charge >= 0.3 is 0 Å². The molecule has 1 amide bonds. The first kappa shape index (κ1) is 15.5. The van der Waals surface area contributed by atoms with Gasteiger partial charge in [0.1, 0.15) is 0 Å². The summed E-state index contributed by atoms with van der Waals surface area (Å²) in [6.45, 7) is 8.78. The van der Waals surface area contributed by atoms with Crippen molar-refractivity contribution in [1.29, 1.82) is 0 Å². The molecule has 0 aromatic heterocycles. The van der Waals surface area contributed by atoms with Crippen molar-refractivity contribution in [1.82, 2.24) is 10.6 Å². The van der Waals surface area contributed by atoms with Crippen LogP contribution in [0, 0.1) is 17.8 Å². The summed E-state index contributed by atoms with van der Waals surface area (Å²) in [6.07, 6.45) is 6.85. The Kier molecular flexibility index (Phi) is 7.33. The van der Waals surface area contributed by atoms with Gasteiger partial charge in [0.05, 0.1) is 6.54 Å². The van der Waals surface area contributed by atoms with Crippen LogP contribution in [0.1, 0.15) is 52.9 Å². The molecule has 0 bridgehead atoms. The Morgan fingerprint density at radius 3 is 2.39 bits per heavy atom. The Bertz CT molecular complexity index is 235. The molecule has 0 aromatic rings. The highest BCUT2D eigenvalue weighted by molar-refractivity contribution is 5.77. The molecule has 0 saturated heterocycles. The first-order valence-corrected chi connectivity index (χ1v) is 7.57. The van der Waals surface area contributed by atoms with E-state index in [1.165, 1.54) is 32.1 Å². The van der Waals surface area contributed by atoms with Gasteiger partial charge in [-0.15, -0.1) is 0 Å². The summed E-state index contributed by atoms with van der Waals surface area (Å²) in [5.74, 6) is 2.18. The minimum Gasteiger partial charge on any atom is -0.355 e. The Morgan fingerprint density at radius 2 is 1.78 bits per heavy atom. The molecule has 106 valence electrons. The molecular formula is C15H30N2O. The number of amides is 1. The number of nitrogens with one attached hydrogen (secondary N) is 2. The second-order valence-corrected chi connectivity index (χ2v) is 6.20. The zero-order chi connectivity index (χ0) is 13.4. The van der Waals surface area contributed by atoms with Gasteiger partial charge in [-0.1, -0.05) is 52.9 Å². The Hall–Kier alpha value is -0.570. The molecule has 0 aromatic carbocycles. The van der Waals surface area contributed by atoms with Crippen molar-refractivity contribution in [2.45, 2.75) is 52.9 Å². The van der Waals surface area contributed by atoms with Gasteiger partial charge in [-0.25, -0.2) is 0 Å². The van der Waals surface area contributed by atoms with Crippen LogP contribution in [-0.4, -0.2) is 25.5 Å². The average molecular weight is 254 g/mol. The lowest BCUT2D eigenvalue weighted by Gasteiger charge is -2.27. The number of hydrogen-bond donors (Lipinski definition) is 2. The molecule has 3 heteroatoms. The molecule has 0 heterocycles. The molecule has 1 saturated carbocycles. The lowest BCUT2D eigenvalue weighted by molar-refractivity contribution is -0.120. The second kappa shape index (κ2) is 8.52. The smallest absolute Gasteiger partial charge is 0.233 e. The van der Waals surface area contributed by atoms with E-state index in [0.717, 1.165) is 19.0 Å². The van der Waals surface area contributed by atoms with E-state index in [9.17, 15) is 4.79 Å². The van der Waals surface area contributed by atoms with E-state index in [-0.39, 0.29) is 5.91 Å². The number of hydrogen-bond acceptors (Lipinski definition) is 2. The van der Waals surface area contributed by atoms with Crippen LogP contribution >= 0.6 is 0 Å². The highest BCUT2D eigenvalue weighted by Gasteiger charge is 2.20. The molecule has 1 atom stereocenters. The van der Waals surface area contributed by atoms with Gasteiger partial charge in [0.25, 0.3) is 0 Å². The Morgan fingerprint density at radius 1 is 1.11 bits per heavy atom. The van der Waals surface area contributed by atoms with Crippen LogP contribution in [0.5, 0.6) is 0 Å². The number of rotatable bonds is 7. The predicted octanol–water partition coefficient (Wildman–Crippen LogP) is 2.56. The first-order chi connectivity index (χ1) is 8.59. The number of carbonyl (C=O) groups is 1. The maximum absolute atomic E-state index is 11.6. The lowest BCUT2D eigenvalue weighted by atomic mass is 9.81. The third-order valence-corrected chi connectivity index (χ3v) is 3.91. The van der Waals surface area contributed by atoms with Gasteiger partial charge in [0.15, 0.2) is 0 Å². The molecule has 1 fully saturated rings. The largest absolute Gasteiger partial charge is 0.355 e. The predicted molar refractivity (Wildman–Crippen MR) is 76.5 cm³/mol. The van der Waals surface area contributed by atoms with E-state index in [1.54, 1.807) is 0 Å². The maximum Gasteiger partial charge on any atom is 0.233 e. The summed E-state index contributed by atoms with van der Waals surface area (Å²) in [5, 5.41) is 6.23. The normalized spacial score (nSPS) is 18.9. The summed E-state index contributed by atoms with van der Waals surface area (Å²) in [5.41, 5.74) is 0. The van der Waals surface area contributed by atoms with E-state index < -0.39 is 0 Å². The molecule has 1 unspecified atom stereocenters. The molecule has 18 heavy (non-hydrogen) atoms. The fourth-order valence-corrected chi connectivity index (χ4v) is 2.68. The number of carbonyl (C=O) groups excluding carboxylic acids is 1. The van der Waals surface area contributed by atoms with Crippen LogP contribution in [0.4, 0.5) is 0 Å². The molecule has 1 aliphatic carbocycles. The van der Waals surface area contributed by atoms with Crippen molar-refractivity contribution in [3.8, 4) is 0 Å². The highest BCUT2D eigenvalue weighted by Crippen LogP contribution is 2.29. The van der Waals surface area contributed by atoms with Gasteiger partial charge < -0.3 is 10.6 Å². The molecule has 0 spiro atoms. The van der Waals surface area contributed by atoms with Gasteiger partial charge in [0.2, 0.25) is 5.91 Å². The summed E-state index contributed by atoms with van der Waals surface area (Å²) in [7, 11) is 0. The van der Waals surface area contributed by atoms with Crippen LogP contribution < -0.4 is 10.6 Å². The second-order valence-electron chi connectivity index (χ2n) is 6.20.